The summed E-state index contributed by atoms with van der Waals surface area (Å²) in [5, 5.41) is 18.6. The van der Waals surface area contributed by atoms with Gasteiger partial charge in [-0.1, -0.05) is 64.5 Å². The molecule has 4 rings (SSSR count). The fourth-order valence-corrected chi connectivity index (χ4v) is 5.22. The molecule has 0 aliphatic heterocycles. The minimum absolute atomic E-state index is 0.131. The number of hydrogen-bond donors (Lipinski definition) is 4. The van der Waals surface area contributed by atoms with Crippen LogP contribution in [0.4, 0.5) is 16.2 Å². The highest BCUT2D eigenvalue weighted by molar-refractivity contribution is 9.10. The molecule has 0 unspecified atom stereocenters. The summed E-state index contributed by atoms with van der Waals surface area (Å²) in [7, 11) is 0. The van der Waals surface area contributed by atoms with Crippen molar-refractivity contribution in [1.29, 1.82) is 0 Å². The molecule has 35 heavy (non-hydrogen) atoms. The van der Waals surface area contributed by atoms with E-state index in [-0.39, 0.29) is 33.6 Å². The van der Waals surface area contributed by atoms with Gasteiger partial charge in [-0.3, -0.25) is 9.59 Å². The van der Waals surface area contributed by atoms with Gasteiger partial charge < -0.3 is 25.5 Å². The summed E-state index contributed by atoms with van der Waals surface area (Å²) in [5.74, 6) is -1.73. The summed E-state index contributed by atoms with van der Waals surface area (Å²) in [6.07, 6.45) is 3.50. The van der Waals surface area contributed by atoms with Gasteiger partial charge in [0.05, 0.1) is 27.7 Å². The zero-order chi connectivity index (χ0) is 25.2. The van der Waals surface area contributed by atoms with Gasteiger partial charge in [-0.15, -0.1) is 0 Å². The number of carbonyl (C=O) groups excluding carboxylic acids is 2. The number of nitrogens with one attached hydrogen (secondary N) is 3. The molecule has 0 saturated heterocycles. The molecule has 1 aromatic heterocycles. The Hall–Kier alpha value is -2.75. The van der Waals surface area contributed by atoms with Gasteiger partial charge >= 0.3 is 12.0 Å². The van der Waals surface area contributed by atoms with Crippen LogP contribution in [0, 0.1) is 0 Å². The number of rotatable bonds is 6. The van der Waals surface area contributed by atoms with E-state index >= 15 is 0 Å². The number of fused-ring (bicyclic) bond motifs is 1. The fraction of sp³-hybridized carbons (Fsp3) is 0.292. The first kappa shape index (κ1) is 25.3. The van der Waals surface area contributed by atoms with Crippen molar-refractivity contribution in [3.05, 3.63) is 56.7 Å². The Kier molecular flexibility index (Phi) is 7.59. The van der Waals surface area contributed by atoms with E-state index < -0.39 is 23.4 Å². The molecule has 0 spiro atoms. The third-order valence-corrected chi connectivity index (χ3v) is 7.10. The molecule has 4 N–H and O–H groups in total. The second kappa shape index (κ2) is 10.5. The van der Waals surface area contributed by atoms with E-state index in [1.54, 1.807) is 36.4 Å². The van der Waals surface area contributed by atoms with Crippen LogP contribution in [0.15, 0.2) is 45.3 Å². The number of carboxylic acids is 1. The average molecular weight is 583 g/mol. The number of aliphatic carboxylic acids is 1. The van der Waals surface area contributed by atoms with Gasteiger partial charge in [0, 0.05) is 9.86 Å². The molecular weight excluding hydrogens is 561 g/mol. The van der Waals surface area contributed by atoms with Crippen molar-refractivity contribution in [2.24, 2.45) is 0 Å². The number of urea groups is 1. The number of para-hydroxylation sites is 1. The van der Waals surface area contributed by atoms with E-state index in [4.69, 9.17) is 27.6 Å². The second-order valence-corrected chi connectivity index (χ2v) is 10.2. The van der Waals surface area contributed by atoms with Crippen molar-refractivity contribution in [3.8, 4) is 0 Å². The molecule has 8 nitrogen and oxygen atoms in total. The third kappa shape index (κ3) is 5.74. The molecule has 3 aromatic rings. The Labute approximate surface area is 219 Å². The highest BCUT2D eigenvalue weighted by Crippen LogP contribution is 2.36. The molecule has 184 valence electrons. The molecule has 11 heteroatoms. The van der Waals surface area contributed by atoms with E-state index in [2.05, 4.69) is 31.9 Å². The lowest BCUT2D eigenvalue weighted by Gasteiger charge is -2.36. The summed E-state index contributed by atoms with van der Waals surface area (Å²) in [6.45, 7) is 0. The molecule has 1 aliphatic rings. The maximum absolute atomic E-state index is 13.4. The number of carbonyl (C=O) groups is 3. The van der Waals surface area contributed by atoms with Crippen LogP contribution in [0.2, 0.25) is 10.0 Å². The van der Waals surface area contributed by atoms with Crippen LogP contribution < -0.4 is 16.0 Å². The Bertz CT molecular complexity index is 1280. The molecule has 1 aliphatic carbocycles. The van der Waals surface area contributed by atoms with E-state index in [0.29, 0.717) is 23.8 Å². The Morgan fingerprint density at radius 1 is 1.00 bits per heavy atom. The number of anilines is 2. The summed E-state index contributed by atoms with van der Waals surface area (Å²) >= 11 is 15.7. The lowest BCUT2D eigenvalue weighted by molar-refractivity contribution is -0.139. The number of benzene rings is 2. The predicted octanol–water partition coefficient (Wildman–Crippen LogP) is 7.05. The van der Waals surface area contributed by atoms with E-state index in [1.165, 1.54) is 0 Å². The summed E-state index contributed by atoms with van der Waals surface area (Å²) in [6, 6.07) is 9.25. The van der Waals surface area contributed by atoms with Gasteiger partial charge in [-0.2, -0.15) is 0 Å². The van der Waals surface area contributed by atoms with Crippen LogP contribution in [0.3, 0.4) is 0 Å². The Balaban J connectivity index is 1.67. The zero-order valence-electron chi connectivity index (χ0n) is 18.4. The summed E-state index contributed by atoms with van der Waals surface area (Å²) in [4.78, 5) is 37.8. The number of halogens is 3. The lowest BCUT2D eigenvalue weighted by atomic mass is 9.79. The SMILES string of the molecule is O=C(O)CC1(NC(=O)c2oc3cc(Br)ccc3c2NC(=O)Nc2c(Cl)cccc2Cl)CCCCC1. The predicted molar refractivity (Wildman–Crippen MR) is 139 cm³/mol. The largest absolute Gasteiger partial charge is 0.481 e. The quantitative estimate of drug-likeness (QED) is 0.248. The van der Waals surface area contributed by atoms with Crippen LogP contribution in [0.1, 0.15) is 49.1 Å². The smallest absolute Gasteiger partial charge is 0.323 e. The van der Waals surface area contributed by atoms with Gasteiger partial charge in [0.15, 0.2) is 0 Å². The van der Waals surface area contributed by atoms with Crippen molar-refractivity contribution < 1.29 is 23.9 Å². The van der Waals surface area contributed by atoms with Gasteiger partial charge in [-0.25, -0.2) is 4.79 Å². The van der Waals surface area contributed by atoms with Crippen molar-refractivity contribution >= 4 is 79.4 Å². The zero-order valence-corrected chi connectivity index (χ0v) is 21.5. The number of amides is 3. The summed E-state index contributed by atoms with van der Waals surface area (Å²) in [5.41, 5.74) is -0.151. The van der Waals surface area contributed by atoms with Crippen molar-refractivity contribution in [1.82, 2.24) is 5.32 Å². The fourth-order valence-electron chi connectivity index (χ4n) is 4.39. The first-order chi connectivity index (χ1) is 16.7. The van der Waals surface area contributed by atoms with Crippen LogP contribution in [-0.4, -0.2) is 28.6 Å². The second-order valence-electron chi connectivity index (χ2n) is 8.49. The van der Waals surface area contributed by atoms with E-state index in [1.807, 2.05) is 0 Å². The molecule has 0 radical (unpaired) electrons. The van der Waals surface area contributed by atoms with Crippen molar-refractivity contribution in [3.63, 3.8) is 0 Å². The topological polar surface area (TPSA) is 121 Å². The van der Waals surface area contributed by atoms with Crippen molar-refractivity contribution in [2.75, 3.05) is 10.6 Å². The number of furan rings is 1. The number of carboxylic acid groups (broad SMARTS) is 1. The van der Waals surface area contributed by atoms with Gasteiger partial charge in [0.25, 0.3) is 5.91 Å². The molecular formula is C24H22BrCl2N3O5. The Morgan fingerprint density at radius 2 is 1.66 bits per heavy atom. The lowest BCUT2D eigenvalue weighted by Crippen LogP contribution is -2.51. The monoisotopic (exact) mass is 581 g/mol. The van der Waals surface area contributed by atoms with E-state index in [9.17, 15) is 19.5 Å². The Morgan fingerprint density at radius 3 is 2.31 bits per heavy atom. The van der Waals surface area contributed by atoms with Gasteiger partial charge in [0.2, 0.25) is 5.76 Å². The van der Waals surface area contributed by atoms with E-state index in [0.717, 1.165) is 23.7 Å². The number of hydrogen-bond acceptors (Lipinski definition) is 4. The summed E-state index contributed by atoms with van der Waals surface area (Å²) < 4.78 is 6.57. The molecule has 0 atom stereocenters. The van der Waals surface area contributed by atoms with Crippen molar-refractivity contribution in [2.45, 2.75) is 44.1 Å². The van der Waals surface area contributed by atoms with Gasteiger partial charge in [-0.05, 0) is 43.2 Å². The molecule has 1 heterocycles. The van der Waals surface area contributed by atoms with Crippen LogP contribution in [0.5, 0.6) is 0 Å². The standard InChI is InChI=1S/C24H22BrCl2N3O5/c25-13-7-8-14-17(11-13)35-21(22(33)30-24(12-18(31)32)9-2-1-3-10-24)19(14)28-23(34)29-20-15(26)5-4-6-16(20)27/h4-8,11H,1-3,9-10,12H2,(H,30,33)(H,31,32)(H2,28,29,34). The molecule has 0 bridgehead atoms. The van der Waals surface area contributed by atoms with Crippen LogP contribution in [0.25, 0.3) is 11.0 Å². The molecule has 1 saturated carbocycles. The van der Waals surface area contributed by atoms with Crippen LogP contribution >= 0.6 is 39.1 Å². The first-order valence-corrected chi connectivity index (χ1v) is 12.5. The maximum atomic E-state index is 13.4. The van der Waals surface area contributed by atoms with Gasteiger partial charge in [0.1, 0.15) is 11.3 Å². The van der Waals surface area contributed by atoms with Crippen LogP contribution in [-0.2, 0) is 4.79 Å². The first-order valence-electron chi connectivity index (χ1n) is 11.0. The minimum atomic E-state index is -0.991. The molecule has 3 amide bonds. The maximum Gasteiger partial charge on any atom is 0.323 e. The molecule has 2 aromatic carbocycles. The molecule has 1 fully saturated rings. The normalized spacial score (nSPS) is 14.9. The average Bonchev–Trinajstić information content (AvgIpc) is 3.13. The third-order valence-electron chi connectivity index (χ3n) is 5.98. The highest BCUT2D eigenvalue weighted by Gasteiger charge is 2.37. The highest BCUT2D eigenvalue weighted by atomic mass is 79.9. The minimum Gasteiger partial charge on any atom is -0.481 e.